The van der Waals surface area contributed by atoms with E-state index in [1.54, 1.807) is 6.92 Å². The highest BCUT2D eigenvalue weighted by Crippen LogP contribution is 2.34. The lowest BCUT2D eigenvalue weighted by Crippen LogP contribution is -2.18. The van der Waals surface area contributed by atoms with Crippen molar-refractivity contribution in [3.63, 3.8) is 0 Å². The molecule has 0 atom stereocenters. The maximum atomic E-state index is 12.2. The number of hydrogen-bond acceptors (Lipinski definition) is 3. The average molecular weight is 297 g/mol. The molecule has 0 aromatic heterocycles. The summed E-state index contributed by atoms with van der Waals surface area (Å²) >= 11 is 5.67. The molecule has 1 aromatic carbocycles. The Balaban J connectivity index is 2.82. The average Bonchev–Trinajstić information content (AvgIpc) is 2.29. The van der Waals surface area contributed by atoms with Crippen LogP contribution < -0.4 is 4.74 Å². The van der Waals surface area contributed by atoms with Gasteiger partial charge in [0.2, 0.25) is 0 Å². The van der Waals surface area contributed by atoms with Crippen molar-refractivity contribution in [3.05, 3.63) is 28.8 Å². The molecule has 0 aliphatic heterocycles. The van der Waals surface area contributed by atoms with Crippen LogP contribution in [0.3, 0.4) is 0 Å². The van der Waals surface area contributed by atoms with Gasteiger partial charge in [0.25, 0.3) is 0 Å². The van der Waals surface area contributed by atoms with Crippen LogP contribution in [-0.2, 0) is 16.0 Å². The lowest BCUT2D eigenvalue weighted by Gasteiger charge is -2.14. The first-order chi connectivity index (χ1) is 8.83. The van der Waals surface area contributed by atoms with Crippen molar-refractivity contribution in [2.45, 2.75) is 26.1 Å². The van der Waals surface area contributed by atoms with E-state index in [0.29, 0.717) is 0 Å². The second-order valence-corrected chi connectivity index (χ2v) is 3.99. The van der Waals surface area contributed by atoms with Crippen LogP contribution in [0.1, 0.15) is 18.9 Å². The van der Waals surface area contributed by atoms with Crippen molar-refractivity contribution in [1.29, 1.82) is 0 Å². The Morgan fingerprint density at radius 3 is 2.63 bits per heavy atom. The van der Waals surface area contributed by atoms with E-state index in [9.17, 15) is 18.0 Å². The molecule has 0 aliphatic rings. The molecule has 0 aliphatic carbocycles. The van der Waals surface area contributed by atoms with Crippen LogP contribution in [0, 0.1) is 0 Å². The number of benzene rings is 1. The molecule has 0 unspecified atom stereocenters. The molecule has 3 nitrogen and oxygen atoms in total. The summed E-state index contributed by atoms with van der Waals surface area (Å²) in [4.78, 5) is 11.2. The number of ether oxygens (including phenoxy) is 2. The highest BCUT2D eigenvalue weighted by Gasteiger charge is 2.33. The molecule has 7 heteroatoms. The minimum Gasteiger partial charge on any atom is -0.466 e. The van der Waals surface area contributed by atoms with Crippen molar-refractivity contribution < 1.29 is 27.4 Å². The van der Waals surface area contributed by atoms with E-state index in [4.69, 9.17) is 16.3 Å². The zero-order chi connectivity index (χ0) is 14.5. The monoisotopic (exact) mass is 296 g/mol. The summed E-state index contributed by atoms with van der Waals surface area (Å²) in [6.45, 7) is 1.87. The summed E-state index contributed by atoms with van der Waals surface area (Å²) in [5.74, 6) is -0.957. The summed E-state index contributed by atoms with van der Waals surface area (Å²) in [6, 6.07) is 4.20. The molecular weight excluding hydrogens is 285 g/mol. The Morgan fingerprint density at radius 1 is 1.37 bits per heavy atom. The molecule has 106 valence electrons. The van der Waals surface area contributed by atoms with E-state index in [1.807, 2.05) is 0 Å². The molecular formula is C12H12ClF3O3. The Labute approximate surface area is 113 Å². The molecule has 1 aromatic rings. The van der Waals surface area contributed by atoms with E-state index >= 15 is 0 Å². The normalized spacial score (nSPS) is 11.2. The number of aryl methyl sites for hydroxylation is 1. The molecule has 0 bridgehead atoms. The predicted molar refractivity (Wildman–Crippen MR) is 63.1 cm³/mol. The van der Waals surface area contributed by atoms with Gasteiger partial charge >= 0.3 is 12.3 Å². The van der Waals surface area contributed by atoms with Gasteiger partial charge in [0, 0.05) is 6.42 Å². The van der Waals surface area contributed by atoms with E-state index < -0.39 is 18.1 Å². The minimum atomic E-state index is -4.83. The number of carbonyl (C=O) groups is 1. The molecule has 1 rings (SSSR count). The van der Waals surface area contributed by atoms with Crippen LogP contribution in [0.4, 0.5) is 13.2 Å². The maximum absolute atomic E-state index is 12.2. The first-order valence-electron chi connectivity index (χ1n) is 5.52. The molecule has 0 saturated carbocycles. The zero-order valence-electron chi connectivity index (χ0n) is 10.1. The van der Waals surface area contributed by atoms with E-state index in [-0.39, 0.29) is 30.0 Å². The van der Waals surface area contributed by atoms with Crippen molar-refractivity contribution in [1.82, 2.24) is 0 Å². The van der Waals surface area contributed by atoms with Gasteiger partial charge in [-0.3, -0.25) is 4.79 Å². The summed E-state index contributed by atoms with van der Waals surface area (Å²) in [5, 5.41) is -0.154. The number of rotatable bonds is 5. The van der Waals surface area contributed by atoms with Gasteiger partial charge < -0.3 is 9.47 Å². The maximum Gasteiger partial charge on any atom is 0.573 e. The Bertz CT molecular complexity index is 446. The molecule has 0 radical (unpaired) electrons. The minimum absolute atomic E-state index is 0.0393. The smallest absolute Gasteiger partial charge is 0.466 e. The van der Waals surface area contributed by atoms with Crippen LogP contribution >= 0.6 is 11.6 Å². The lowest BCUT2D eigenvalue weighted by molar-refractivity contribution is -0.274. The van der Waals surface area contributed by atoms with Gasteiger partial charge in [0.1, 0.15) is 0 Å². The molecule has 0 amide bonds. The van der Waals surface area contributed by atoms with Gasteiger partial charge in [0.15, 0.2) is 5.75 Å². The number of halogens is 4. The van der Waals surface area contributed by atoms with Crippen molar-refractivity contribution in [2.24, 2.45) is 0 Å². The highest BCUT2D eigenvalue weighted by molar-refractivity contribution is 6.32. The number of carbonyl (C=O) groups excluding carboxylic acids is 1. The van der Waals surface area contributed by atoms with Gasteiger partial charge in [-0.1, -0.05) is 23.7 Å². The number of esters is 1. The second kappa shape index (κ2) is 6.65. The predicted octanol–water partition coefficient (Wildman–Crippen LogP) is 3.73. The largest absolute Gasteiger partial charge is 0.573 e. The van der Waals surface area contributed by atoms with Crippen LogP contribution in [-0.4, -0.2) is 18.9 Å². The Hall–Kier alpha value is -1.43. The Morgan fingerprint density at radius 2 is 2.05 bits per heavy atom. The topological polar surface area (TPSA) is 35.5 Å². The summed E-state index contributed by atoms with van der Waals surface area (Å²) in [7, 11) is 0. The number of para-hydroxylation sites is 1. The van der Waals surface area contributed by atoms with Crippen molar-refractivity contribution in [2.75, 3.05) is 6.61 Å². The summed E-state index contributed by atoms with van der Waals surface area (Å²) < 4.78 is 45.3. The third-order valence-electron chi connectivity index (χ3n) is 2.17. The summed E-state index contributed by atoms with van der Waals surface area (Å²) in [6.07, 6.45) is -4.81. The third-order valence-corrected chi connectivity index (χ3v) is 2.47. The lowest BCUT2D eigenvalue weighted by atomic mass is 10.1. The van der Waals surface area contributed by atoms with E-state index in [1.165, 1.54) is 18.2 Å². The first-order valence-corrected chi connectivity index (χ1v) is 5.90. The third kappa shape index (κ3) is 5.38. The van der Waals surface area contributed by atoms with Crippen LogP contribution in [0.2, 0.25) is 5.02 Å². The number of hydrogen-bond donors (Lipinski definition) is 0. The fourth-order valence-corrected chi connectivity index (χ4v) is 1.68. The van der Waals surface area contributed by atoms with Gasteiger partial charge in [-0.25, -0.2) is 0 Å². The van der Waals surface area contributed by atoms with Gasteiger partial charge in [-0.05, 0) is 25.0 Å². The Kier molecular flexibility index (Phi) is 5.47. The molecule has 0 heterocycles. The molecule has 0 N–H and O–H groups in total. The zero-order valence-corrected chi connectivity index (χ0v) is 10.8. The van der Waals surface area contributed by atoms with E-state index in [0.717, 1.165) is 0 Å². The van der Waals surface area contributed by atoms with Crippen LogP contribution in [0.15, 0.2) is 18.2 Å². The quantitative estimate of drug-likeness (QED) is 0.777. The van der Waals surface area contributed by atoms with Gasteiger partial charge in [-0.2, -0.15) is 0 Å². The van der Waals surface area contributed by atoms with Gasteiger partial charge in [0.05, 0.1) is 11.6 Å². The molecule has 19 heavy (non-hydrogen) atoms. The second-order valence-electron chi connectivity index (χ2n) is 3.58. The fraction of sp³-hybridized carbons (Fsp3) is 0.417. The standard InChI is InChI=1S/C12H12ClF3O3/c1-2-18-10(17)7-6-8-4-3-5-9(13)11(8)19-12(14,15)16/h3-5H,2,6-7H2,1H3. The van der Waals surface area contributed by atoms with Crippen molar-refractivity contribution >= 4 is 17.6 Å². The van der Waals surface area contributed by atoms with E-state index in [2.05, 4.69) is 4.74 Å². The van der Waals surface area contributed by atoms with Gasteiger partial charge in [-0.15, -0.1) is 13.2 Å². The van der Waals surface area contributed by atoms with Crippen LogP contribution in [0.25, 0.3) is 0 Å². The fourth-order valence-electron chi connectivity index (χ4n) is 1.45. The van der Waals surface area contributed by atoms with Crippen LogP contribution in [0.5, 0.6) is 5.75 Å². The van der Waals surface area contributed by atoms with Crippen molar-refractivity contribution in [3.8, 4) is 5.75 Å². The molecule has 0 saturated heterocycles. The highest BCUT2D eigenvalue weighted by atomic mass is 35.5. The summed E-state index contributed by atoms with van der Waals surface area (Å²) in [5.41, 5.74) is 0.206. The molecule has 0 fully saturated rings. The SMILES string of the molecule is CCOC(=O)CCc1cccc(Cl)c1OC(F)(F)F. The molecule has 0 spiro atoms. The number of alkyl halides is 3. The first kappa shape index (κ1) is 15.6.